The average molecular weight is 502 g/mol. The number of halogens is 1. The molecule has 0 radical (unpaired) electrons. The van der Waals surface area contributed by atoms with E-state index in [1.54, 1.807) is 0 Å². The SMILES string of the molecule is CCl.[Zr+2].c1ccc2[cH-]c(-n3cccc3)cc2c1.c1ccc2[cH-]c(-n3cccc3)cc2c1. The number of rotatable bonds is 2. The Balaban J connectivity index is 0.000000158. The van der Waals surface area contributed by atoms with Gasteiger partial charge in [-0.2, -0.15) is 0 Å². The van der Waals surface area contributed by atoms with E-state index in [1.807, 2.05) is 24.3 Å². The van der Waals surface area contributed by atoms with Gasteiger partial charge in [0.25, 0.3) is 0 Å². The maximum atomic E-state index is 4.64. The summed E-state index contributed by atoms with van der Waals surface area (Å²) in [4.78, 5) is 0. The molecule has 2 aromatic heterocycles. The molecule has 2 nitrogen and oxygen atoms in total. The quantitative estimate of drug-likeness (QED) is 0.171. The van der Waals surface area contributed by atoms with Gasteiger partial charge >= 0.3 is 26.2 Å². The zero-order chi connectivity index (χ0) is 20.8. The van der Waals surface area contributed by atoms with E-state index in [0.717, 1.165) is 0 Å². The molecule has 4 heteroatoms. The number of alkyl halides is 1. The third kappa shape index (κ3) is 5.36. The van der Waals surface area contributed by atoms with Crippen LogP contribution >= 0.6 is 11.6 Å². The third-order valence-electron chi connectivity index (χ3n) is 5.01. The largest absolute Gasteiger partial charge is 2.00 e. The van der Waals surface area contributed by atoms with Crippen molar-refractivity contribution in [3.63, 3.8) is 0 Å². The fourth-order valence-corrected chi connectivity index (χ4v) is 3.58. The van der Waals surface area contributed by atoms with Gasteiger partial charge in [-0.15, -0.1) is 93.8 Å². The maximum absolute atomic E-state index is 4.64. The fourth-order valence-electron chi connectivity index (χ4n) is 3.58. The van der Waals surface area contributed by atoms with Crippen molar-refractivity contribution < 1.29 is 26.2 Å². The molecule has 31 heavy (non-hydrogen) atoms. The van der Waals surface area contributed by atoms with Gasteiger partial charge < -0.3 is 9.13 Å². The van der Waals surface area contributed by atoms with Gasteiger partial charge in [0, 0.05) is 31.2 Å². The van der Waals surface area contributed by atoms with Gasteiger partial charge in [0.1, 0.15) is 0 Å². The molecular weight excluding hydrogens is 479 g/mol. The summed E-state index contributed by atoms with van der Waals surface area (Å²) < 4.78 is 4.25. The summed E-state index contributed by atoms with van der Waals surface area (Å²) in [5.74, 6) is 0. The van der Waals surface area contributed by atoms with Gasteiger partial charge in [0.15, 0.2) is 0 Å². The van der Waals surface area contributed by atoms with E-state index in [-0.39, 0.29) is 26.2 Å². The molecule has 0 aliphatic heterocycles. The second-order valence-electron chi connectivity index (χ2n) is 6.87. The van der Waals surface area contributed by atoms with Crippen molar-refractivity contribution in [1.82, 2.24) is 9.13 Å². The van der Waals surface area contributed by atoms with Crippen LogP contribution in [0.1, 0.15) is 0 Å². The van der Waals surface area contributed by atoms with Crippen LogP contribution < -0.4 is 0 Å². The topological polar surface area (TPSA) is 9.86 Å². The van der Waals surface area contributed by atoms with Crippen LogP contribution in [0.3, 0.4) is 0 Å². The van der Waals surface area contributed by atoms with Gasteiger partial charge in [-0.05, 0) is 35.6 Å². The van der Waals surface area contributed by atoms with Crippen LogP contribution in [0.4, 0.5) is 0 Å². The molecule has 0 fully saturated rings. The molecular formula is C27H23ClN2Zr. The zero-order valence-electron chi connectivity index (χ0n) is 17.3. The molecule has 0 N–H and O–H groups in total. The van der Waals surface area contributed by atoms with E-state index in [9.17, 15) is 0 Å². The molecule has 6 aromatic rings. The number of hydrogen-bond donors (Lipinski definition) is 0. The molecule has 152 valence electrons. The Hall–Kier alpha value is -2.61. The van der Waals surface area contributed by atoms with Crippen LogP contribution in [0.5, 0.6) is 0 Å². The first kappa shape index (κ1) is 23.1. The minimum Gasteiger partial charge on any atom is -0.342 e. The van der Waals surface area contributed by atoms with Crippen molar-refractivity contribution >= 4 is 33.1 Å². The predicted octanol–water partition coefficient (Wildman–Crippen LogP) is 7.55. The molecule has 0 saturated carbocycles. The van der Waals surface area contributed by atoms with Crippen molar-refractivity contribution in [2.75, 3.05) is 6.38 Å². The first-order valence-electron chi connectivity index (χ1n) is 9.82. The Labute approximate surface area is 207 Å². The number of hydrogen-bond acceptors (Lipinski definition) is 0. The first-order chi connectivity index (χ1) is 14.9. The van der Waals surface area contributed by atoms with Crippen LogP contribution in [0.25, 0.3) is 32.9 Å². The van der Waals surface area contributed by atoms with Crippen molar-refractivity contribution in [2.45, 2.75) is 0 Å². The number of benzene rings is 2. The van der Waals surface area contributed by atoms with Crippen molar-refractivity contribution in [1.29, 1.82) is 0 Å². The van der Waals surface area contributed by atoms with Crippen LogP contribution in [0.2, 0.25) is 0 Å². The second kappa shape index (κ2) is 11.1. The van der Waals surface area contributed by atoms with Gasteiger partial charge in [-0.25, -0.2) is 0 Å². The summed E-state index contributed by atoms with van der Waals surface area (Å²) in [6.07, 6.45) is 9.73. The van der Waals surface area contributed by atoms with Gasteiger partial charge in [-0.1, -0.05) is 12.1 Å². The summed E-state index contributed by atoms with van der Waals surface area (Å²) in [6.45, 7) is 0. The summed E-state index contributed by atoms with van der Waals surface area (Å²) >= 11 is 4.64. The monoisotopic (exact) mass is 500 g/mol. The number of aromatic nitrogens is 2. The van der Waals surface area contributed by atoms with Crippen molar-refractivity contribution in [2.24, 2.45) is 0 Å². The van der Waals surface area contributed by atoms with Gasteiger partial charge in [-0.3, -0.25) is 0 Å². The summed E-state index contributed by atoms with van der Waals surface area (Å²) in [5.41, 5.74) is 2.47. The fraction of sp³-hybridized carbons (Fsp3) is 0.0370. The Morgan fingerprint density at radius 2 is 0.903 bits per heavy atom. The van der Waals surface area contributed by atoms with E-state index in [2.05, 4.69) is 118 Å². The molecule has 4 aromatic carbocycles. The molecule has 0 unspecified atom stereocenters. The Kier molecular flexibility index (Phi) is 8.29. The Morgan fingerprint density at radius 1 is 0.548 bits per heavy atom. The molecule has 0 atom stereocenters. The maximum Gasteiger partial charge on any atom is 2.00 e. The van der Waals surface area contributed by atoms with E-state index < -0.39 is 0 Å². The van der Waals surface area contributed by atoms with E-state index in [1.165, 1.54) is 39.3 Å². The summed E-state index contributed by atoms with van der Waals surface area (Å²) in [6, 6.07) is 33.8. The van der Waals surface area contributed by atoms with Gasteiger partial charge in [0.2, 0.25) is 0 Å². The molecule has 0 saturated heterocycles. The van der Waals surface area contributed by atoms with Crippen LogP contribution in [-0.4, -0.2) is 15.5 Å². The van der Waals surface area contributed by atoms with Crippen molar-refractivity contribution in [3.8, 4) is 11.4 Å². The van der Waals surface area contributed by atoms with E-state index in [0.29, 0.717) is 0 Å². The smallest absolute Gasteiger partial charge is 0.342 e. The Bertz CT molecular complexity index is 1140. The molecule has 0 spiro atoms. The predicted molar refractivity (Wildman–Crippen MR) is 130 cm³/mol. The van der Waals surface area contributed by atoms with Gasteiger partial charge in [0.05, 0.1) is 0 Å². The normalized spacial score (nSPS) is 10.0. The van der Waals surface area contributed by atoms with Crippen LogP contribution in [-0.2, 0) is 26.2 Å². The van der Waals surface area contributed by atoms with E-state index >= 15 is 0 Å². The second-order valence-corrected chi connectivity index (χ2v) is 6.87. The van der Waals surface area contributed by atoms with E-state index in [4.69, 9.17) is 0 Å². The molecule has 0 bridgehead atoms. The molecule has 0 amide bonds. The first-order valence-corrected chi connectivity index (χ1v) is 10.6. The summed E-state index contributed by atoms with van der Waals surface area (Å²) in [5, 5.41) is 5.21. The third-order valence-corrected chi connectivity index (χ3v) is 5.01. The summed E-state index contributed by atoms with van der Waals surface area (Å²) in [7, 11) is 0. The minimum atomic E-state index is 0. The molecule has 0 aliphatic rings. The number of fused-ring (bicyclic) bond motifs is 2. The molecule has 6 rings (SSSR count). The standard InChI is InChI=1S/2C13H10N.CH3Cl.Zr/c2*1-2-6-12-10-13(9-11(12)5-1)14-7-3-4-8-14;1-2;/h2*1-10H;1H3;/q2*-1;;+2. The minimum absolute atomic E-state index is 0. The van der Waals surface area contributed by atoms with Crippen LogP contribution in [0.15, 0.2) is 122 Å². The zero-order valence-corrected chi connectivity index (χ0v) is 20.5. The molecule has 2 heterocycles. The number of nitrogens with zero attached hydrogens (tertiary/aromatic N) is 2. The Morgan fingerprint density at radius 3 is 1.26 bits per heavy atom. The molecule has 0 aliphatic carbocycles. The average Bonchev–Trinajstić information content (AvgIpc) is 3.60. The van der Waals surface area contributed by atoms with Crippen LogP contribution in [0, 0.1) is 0 Å². The van der Waals surface area contributed by atoms with Crippen molar-refractivity contribution in [3.05, 3.63) is 122 Å².